The first-order chi connectivity index (χ1) is 15.9. The maximum atomic E-state index is 12.7. The van der Waals surface area contributed by atoms with Crippen LogP contribution in [0.5, 0.6) is 5.75 Å². The highest BCUT2D eigenvalue weighted by atomic mass is 35.5. The molecule has 0 amide bonds. The van der Waals surface area contributed by atoms with Crippen LogP contribution >= 0.6 is 24.2 Å². The largest absolute Gasteiger partial charge is 0.482 e. The molecule has 1 aromatic carbocycles. The Morgan fingerprint density at radius 2 is 2.00 bits per heavy atom. The van der Waals surface area contributed by atoms with Gasteiger partial charge in [-0.25, -0.2) is 4.79 Å². The third-order valence-corrected chi connectivity index (χ3v) is 9.98. The lowest BCUT2D eigenvalue weighted by atomic mass is 9.51. The zero-order valence-electron chi connectivity index (χ0n) is 19.2. The minimum Gasteiger partial charge on any atom is -0.482 e. The van der Waals surface area contributed by atoms with E-state index in [-0.39, 0.29) is 24.1 Å². The summed E-state index contributed by atoms with van der Waals surface area (Å²) in [6, 6.07) is 5.18. The number of benzene rings is 1. The second kappa shape index (κ2) is 9.30. The predicted molar refractivity (Wildman–Crippen MR) is 131 cm³/mol. The Morgan fingerprint density at radius 3 is 2.79 bits per heavy atom. The third kappa shape index (κ3) is 4.25. The van der Waals surface area contributed by atoms with Crippen molar-refractivity contribution in [2.45, 2.75) is 75.7 Å². The topological polar surface area (TPSA) is 52.6 Å². The summed E-state index contributed by atoms with van der Waals surface area (Å²) < 4.78 is 11.7. The fourth-order valence-corrected chi connectivity index (χ4v) is 8.01. The van der Waals surface area contributed by atoms with Crippen LogP contribution in [0.1, 0.15) is 64.7 Å². The molecule has 1 aromatic rings. The van der Waals surface area contributed by atoms with Gasteiger partial charge in [-0.05, 0) is 99.3 Å². The van der Waals surface area contributed by atoms with Crippen LogP contribution in [0.25, 0.3) is 0 Å². The number of esters is 1. The molecule has 0 spiro atoms. The van der Waals surface area contributed by atoms with Crippen LogP contribution in [0.2, 0.25) is 5.02 Å². The number of halogens is 1. The van der Waals surface area contributed by atoms with Gasteiger partial charge in [-0.1, -0.05) is 24.1 Å². The highest BCUT2D eigenvalue weighted by molar-refractivity contribution is 7.80. The van der Waals surface area contributed by atoms with Crippen molar-refractivity contribution in [1.82, 2.24) is 0 Å². The van der Waals surface area contributed by atoms with Crippen LogP contribution in [-0.4, -0.2) is 24.5 Å². The number of thiol groups is 1. The fourth-order valence-electron chi connectivity index (χ4n) is 7.70. The van der Waals surface area contributed by atoms with E-state index in [1.165, 1.54) is 18.4 Å². The number of ketones is 1. The summed E-state index contributed by atoms with van der Waals surface area (Å²) in [5.74, 6) is 3.15. The normalized spacial score (nSPS) is 35.2. The number of carbonyl (C=O) groups excluding carboxylic acids is 2. The van der Waals surface area contributed by atoms with Gasteiger partial charge in [-0.3, -0.25) is 4.79 Å². The molecule has 3 saturated carbocycles. The van der Waals surface area contributed by atoms with Crippen LogP contribution in [0, 0.1) is 29.1 Å². The molecule has 6 heteroatoms. The average Bonchev–Trinajstić information content (AvgIpc) is 3.18. The van der Waals surface area contributed by atoms with Gasteiger partial charge >= 0.3 is 5.97 Å². The first-order valence-electron chi connectivity index (χ1n) is 12.5. The summed E-state index contributed by atoms with van der Waals surface area (Å²) in [5.41, 5.74) is 1.50. The molecule has 4 aliphatic rings. The van der Waals surface area contributed by atoms with E-state index in [9.17, 15) is 9.59 Å². The maximum absolute atomic E-state index is 12.7. The number of allylic oxidation sites excluding steroid dienone is 1. The Labute approximate surface area is 206 Å². The summed E-state index contributed by atoms with van der Waals surface area (Å²) >= 11 is 10.4. The molecule has 6 atom stereocenters. The van der Waals surface area contributed by atoms with E-state index < -0.39 is 0 Å². The lowest BCUT2D eigenvalue weighted by molar-refractivity contribution is -0.163. The van der Waals surface area contributed by atoms with E-state index in [0.717, 1.165) is 38.5 Å². The summed E-state index contributed by atoms with van der Waals surface area (Å²) in [6.45, 7) is 2.16. The molecular weight excluding hydrogens is 456 g/mol. The molecular formula is C27H33ClO4S. The zero-order valence-corrected chi connectivity index (χ0v) is 20.9. The minimum absolute atomic E-state index is 0.0298. The second-order valence-electron chi connectivity index (χ2n) is 10.4. The van der Waals surface area contributed by atoms with Gasteiger partial charge in [0.15, 0.2) is 12.4 Å². The quantitative estimate of drug-likeness (QED) is 0.382. The van der Waals surface area contributed by atoms with Gasteiger partial charge in [0.2, 0.25) is 0 Å². The van der Waals surface area contributed by atoms with Crippen LogP contribution in [0.15, 0.2) is 34.7 Å². The molecule has 0 bridgehead atoms. The standard InChI is InChI=1S/C27H33ClO4S/c1-2-27-12-11-20-19-7-4-17(29)13-16(19)3-6-21(20)22(27)8-10-25(27)32-26(30)15-31-18-5-9-24(33)23(28)14-18/h5,9,13-14,19-22,25,33H,2-4,6-8,10-12,15H2,1H3. The summed E-state index contributed by atoms with van der Waals surface area (Å²) in [6.07, 6.45) is 11.4. The number of fused-ring (bicyclic) bond motifs is 5. The average molecular weight is 489 g/mol. The van der Waals surface area contributed by atoms with Gasteiger partial charge in [-0.2, -0.15) is 0 Å². The van der Waals surface area contributed by atoms with Gasteiger partial charge in [-0.15, -0.1) is 12.6 Å². The van der Waals surface area contributed by atoms with Crippen LogP contribution in [0.3, 0.4) is 0 Å². The van der Waals surface area contributed by atoms with Crippen molar-refractivity contribution < 1.29 is 19.1 Å². The SMILES string of the molecule is CCC12CCC3C4CCC(=O)C=C4CCC3C1CCC2OC(=O)COc1ccc(S)c(Cl)c1. The Balaban J connectivity index is 1.25. The minimum atomic E-state index is -0.304. The first-order valence-corrected chi connectivity index (χ1v) is 13.3. The Kier molecular flexibility index (Phi) is 6.56. The van der Waals surface area contributed by atoms with Crippen molar-refractivity contribution in [2.75, 3.05) is 6.61 Å². The smallest absolute Gasteiger partial charge is 0.344 e. The molecule has 0 radical (unpaired) electrons. The summed E-state index contributed by atoms with van der Waals surface area (Å²) in [4.78, 5) is 25.3. The molecule has 0 aliphatic heterocycles. The second-order valence-corrected chi connectivity index (χ2v) is 11.3. The molecule has 178 valence electrons. The molecule has 4 nitrogen and oxygen atoms in total. The molecule has 3 fully saturated rings. The Morgan fingerprint density at radius 1 is 1.15 bits per heavy atom. The van der Waals surface area contributed by atoms with Gasteiger partial charge < -0.3 is 9.47 Å². The summed E-state index contributed by atoms with van der Waals surface area (Å²) in [5, 5.41) is 0.498. The maximum Gasteiger partial charge on any atom is 0.344 e. The number of rotatable bonds is 5. The van der Waals surface area contributed by atoms with Crippen molar-refractivity contribution in [3.05, 3.63) is 34.9 Å². The van der Waals surface area contributed by atoms with Crippen LogP contribution < -0.4 is 4.74 Å². The van der Waals surface area contributed by atoms with E-state index in [1.54, 1.807) is 18.2 Å². The number of carbonyl (C=O) groups is 2. The van der Waals surface area contributed by atoms with Crippen LogP contribution in [-0.2, 0) is 14.3 Å². The van der Waals surface area contributed by atoms with E-state index in [1.807, 2.05) is 6.08 Å². The lowest BCUT2D eigenvalue weighted by Gasteiger charge is -2.54. The van der Waals surface area contributed by atoms with E-state index in [2.05, 4.69) is 19.6 Å². The highest BCUT2D eigenvalue weighted by Crippen LogP contribution is 2.63. The van der Waals surface area contributed by atoms with Gasteiger partial charge in [0, 0.05) is 16.7 Å². The fraction of sp³-hybridized carbons (Fsp3) is 0.630. The highest BCUT2D eigenvalue weighted by Gasteiger charge is 2.58. The van der Waals surface area contributed by atoms with Crippen molar-refractivity contribution in [3.63, 3.8) is 0 Å². The molecule has 5 rings (SSSR count). The molecule has 33 heavy (non-hydrogen) atoms. The number of hydrogen-bond acceptors (Lipinski definition) is 5. The van der Waals surface area contributed by atoms with Crippen LogP contribution in [0.4, 0.5) is 0 Å². The third-order valence-electron chi connectivity index (χ3n) is 9.14. The van der Waals surface area contributed by atoms with E-state index >= 15 is 0 Å². The molecule has 0 saturated heterocycles. The van der Waals surface area contributed by atoms with Crippen molar-refractivity contribution in [1.29, 1.82) is 0 Å². The zero-order chi connectivity index (χ0) is 23.2. The molecule has 6 unspecified atom stereocenters. The Hall–Kier alpha value is -1.46. The number of hydrogen-bond donors (Lipinski definition) is 1. The van der Waals surface area contributed by atoms with Crippen molar-refractivity contribution in [2.24, 2.45) is 29.1 Å². The monoisotopic (exact) mass is 488 g/mol. The molecule has 0 N–H and O–H groups in total. The van der Waals surface area contributed by atoms with Crippen molar-refractivity contribution in [3.8, 4) is 5.75 Å². The summed E-state index contributed by atoms with van der Waals surface area (Å²) in [7, 11) is 0. The first kappa shape index (κ1) is 23.3. The number of ether oxygens (including phenoxy) is 2. The van der Waals surface area contributed by atoms with Gasteiger partial charge in [0.1, 0.15) is 11.9 Å². The van der Waals surface area contributed by atoms with Crippen molar-refractivity contribution >= 4 is 36.0 Å². The molecule has 4 aliphatic carbocycles. The molecule has 0 heterocycles. The predicted octanol–water partition coefficient (Wildman–Crippen LogP) is 6.45. The van der Waals surface area contributed by atoms with E-state index in [4.69, 9.17) is 21.1 Å². The van der Waals surface area contributed by atoms with E-state index in [0.29, 0.717) is 51.5 Å². The van der Waals surface area contributed by atoms with Gasteiger partial charge in [0.25, 0.3) is 0 Å². The lowest BCUT2D eigenvalue weighted by Crippen LogP contribution is -2.49. The Bertz CT molecular complexity index is 975. The van der Waals surface area contributed by atoms with Gasteiger partial charge in [0.05, 0.1) is 5.02 Å². The molecule has 0 aromatic heterocycles.